The lowest BCUT2D eigenvalue weighted by molar-refractivity contribution is -0.115. The van der Waals surface area contributed by atoms with E-state index < -0.39 is 0 Å². The van der Waals surface area contributed by atoms with Crippen LogP contribution in [-0.4, -0.2) is 32.5 Å². The van der Waals surface area contributed by atoms with Crippen LogP contribution in [0.3, 0.4) is 0 Å². The van der Waals surface area contributed by atoms with Crippen LogP contribution in [-0.2, 0) is 17.6 Å². The summed E-state index contributed by atoms with van der Waals surface area (Å²) in [6, 6.07) is 3.68. The van der Waals surface area contributed by atoms with E-state index in [0.29, 0.717) is 12.2 Å². The van der Waals surface area contributed by atoms with Crippen molar-refractivity contribution in [3.8, 4) is 0 Å². The first-order valence-electron chi connectivity index (χ1n) is 11.8. The summed E-state index contributed by atoms with van der Waals surface area (Å²) in [6.07, 6.45) is 11.5. The van der Waals surface area contributed by atoms with Crippen molar-refractivity contribution in [2.45, 2.75) is 59.3 Å². The summed E-state index contributed by atoms with van der Waals surface area (Å²) in [5, 5.41) is 24.5. The van der Waals surface area contributed by atoms with Gasteiger partial charge in [-0.15, -0.1) is 15.3 Å². The summed E-state index contributed by atoms with van der Waals surface area (Å²) in [6.45, 7) is 17.4. The molecule has 0 saturated carbocycles. The monoisotopic (exact) mass is 505 g/mol. The number of rotatable bonds is 15. The van der Waals surface area contributed by atoms with Crippen molar-refractivity contribution in [1.82, 2.24) is 20.4 Å². The SMILES string of the molecule is C=C/C=C(\C=C(C)C)CC(=O)Nc1ccc(CCCCc2nnc(NC(=C)CC(=C)/N=C\C)s2)nn1. The van der Waals surface area contributed by atoms with Gasteiger partial charge in [-0.1, -0.05) is 54.9 Å². The first kappa shape index (κ1) is 28.5. The molecule has 0 radical (unpaired) electrons. The zero-order valence-corrected chi connectivity index (χ0v) is 22.2. The lowest BCUT2D eigenvalue weighted by Crippen LogP contribution is -2.13. The van der Waals surface area contributed by atoms with Crippen LogP contribution in [0, 0.1) is 0 Å². The van der Waals surface area contributed by atoms with Gasteiger partial charge in [-0.05, 0) is 57.7 Å². The number of amides is 1. The Morgan fingerprint density at radius 3 is 2.50 bits per heavy atom. The van der Waals surface area contributed by atoms with Crippen LogP contribution in [0.5, 0.6) is 0 Å². The van der Waals surface area contributed by atoms with E-state index in [1.165, 1.54) is 11.3 Å². The molecule has 0 unspecified atom stereocenters. The minimum Gasteiger partial charge on any atom is -0.334 e. The number of hydrogen-bond acceptors (Lipinski definition) is 8. The number of hydrogen-bond donors (Lipinski definition) is 2. The van der Waals surface area contributed by atoms with E-state index in [4.69, 9.17) is 0 Å². The van der Waals surface area contributed by atoms with Crippen LogP contribution in [0.1, 0.15) is 57.2 Å². The molecule has 9 heteroatoms. The molecule has 0 aliphatic heterocycles. The van der Waals surface area contributed by atoms with Crippen molar-refractivity contribution >= 4 is 34.4 Å². The fourth-order valence-corrected chi connectivity index (χ4v) is 4.10. The minimum absolute atomic E-state index is 0.142. The third-order valence-electron chi connectivity index (χ3n) is 4.71. The van der Waals surface area contributed by atoms with Crippen molar-refractivity contribution in [2.24, 2.45) is 4.99 Å². The highest BCUT2D eigenvalue weighted by Crippen LogP contribution is 2.21. The molecular formula is C27H35N7OS. The molecule has 0 spiro atoms. The van der Waals surface area contributed by atoms with Gasteiger partial charge in [0.25, 0.3) is 0 Å². The number of anilines is 2. The number of nitrogens with one attached hydrogen (secondary N) is 2. The highest BCUT2D eigenvalue weighted by atomic mass is 32.1. The van der Waals surface area contributed by atoms with Gasteiger partial charge in [-0.3, -0.25) is 9.79 Å². The Bertz CT molecular complexity index is 1140. The Labute approximate surface area is 217 Å². The van der Waals surface area contributed by atoms with Crippen LogP contribution in [0.4, 0.5) is 10.9 Å². The second-order valence-corrected chi connectivity index (χ2v) is 9.46. The summed E-state index contributed by atoms with van der Waals surface area (Å²) in [5.74, 6) is 0.302. The number of carbonyl (C=O) groups is 1. The van der Waals surface area contributed by atoms with Gasteiger partial charge in [0, 0.05) is 30.5 Å². The van der Waals surface area contributed by atoms with Crippen LogP contribution in [0.25, 0.3) is 0 Å². The predicted octanol–water partition coefficient (Wildman–Crippen LogP) is 6.22. The number of nitrogens with zero attached hydrogens (tertiary/aromatic N) is 5. The van der Waals surface area contributed by atoms with Gasteiger partial charge >= 0.3 is 0 Å². The first-order valence-corrected chi connectivity index (χ1v) is 12.6. The summed E-state index contributed by atoms with van der Waals surface area (Å²) < 4.78 is 0. The van der Waals surface area contributed by atoms with Crippen LogP contribution in [0.2, 0.25) is 0 Å². The largest absolute Gasteiger partial charge is 0.334 e. The summed E-state index contributed by atoms with van der Waals surface area (Å²) >= 11 is 1.52. The standard InChI is InChI=1S/C27H35N7OS/c1-7-11-22(16-19(3)4)18-25(35)30-24-15-14-23(31-32-24)12-9-10-13-26-33-34-27(36-26)29-21(6)17-20(5)28-8-2/h7-8,11,14-16H,1,5-6,9-10,12-13,17-18H2,2-4H3,(H,29,34)(H,30,32,35)/b22-11+,28-8-. The summed E-state index contributed by atoms with van der Waals surface area (Å²) in [5.41, 5.74) is 4.42. The van der Waals surface area contributed by atoms with Crippen LogP contribution in [0.15, 0.2) is 77.6 Å². The zero-order valence-electron chi connectivity index (χ0n) is 21.4. The zero-order chi connectivity index (χ0) is 26.3. The Morgan fingerprint density at radius 1 is 1.06 bits per heavy atom. The molecule has 2 rings (SSSR count). The Kier molecular flexibility index (Phi) is 12.1. The summed E-state index contributed by atoms with van der Waals surface area (Å²) in [4.78, 5) is 16.5. The van der Waals surface area contributed by atoms with E-state index in [1.54, 1.807) is 18.4 Å². The third kappa shape index (κ3) is 11.1. The van der Waals surface area contributed by atoms with Crippen molar-refractivity contribution in [3.63, 3.8) is 0 Å². The molecule has 0 atom stereocenters. The fraction of sp³-hybridized carbons (Fsp3) is 0.333. The Hall–Kier alpha value is -3.72. The Morgan fingerprint density at radius 2 is 1.83 bits per heavy atom. The molecular weight excluding hydrogens is 470 g/mol. The Balaban J connectivity index is 1.73. The van der Waals surface area contributed by atoms with Gasteiger partial charge in [0.05, 0.1) is 12.1 Å². The molecule has 0 fully saturated rings. The average molecular weight is 506 g/mol. The molecule has 0 aromatic carbocycles. The molecule has 1 amide bonds. The predicted molar refractivity (Wildman–Crippen MR) is 150 cm³/mol. The molecule has 2 N–H and O–H groups in total. The molecule has 0 bridgehead atoms. The molecule has 8 nitrogen and oxygen atoms in total. The van der Waals surface area contributed by atoms with Crippen molar-refractivity contribution in [2.75, 3.05) is 10.6 Å². The quantitative estimate of drug-likeness (QED) is 0.169. The van der Waals surface area contributed by atoms with E-state index in [1.807, 2.05) is 39.0 Å². The molecule has 0 aliphatic rings. The number of unbranched alkanes of at least 4 members (excludes halogenated alkanes) is 1. The van der Waals surface area contributed by atoms with E-state index in [2.05, 4.69) is 55.8 Å². The molecule has 190 valence electrons. The summed E-state index contributed by atoms with van der Waals surface area (Å²) in [7, 11) is 0. The average Bonchev–Trinajstić information content (AvgIpc) is 3.24. The number of aromatic nitrogens is 4. The van der Waals surface area contributed by atoms with Gasteiger partial charge < -0.3 is 10.6 Å². The molecule has 2 aromatic heterocycles. The van der Waals surface area contributed by atoms with E-state index in [0.717, 1.165) is 64.1 Å². The van der Waals surface area contributed by atoms with E-state index in [9.17, 15) is 4.79 Å². The third-order valence-corrected chi connectivity index (χ3v) is 5.61. The fourth-order valence-electron chi connectivity index (χ4n) is 3.27. The second-order valence-electron chi connectivity index (χ2n) is 8.40. The van der Waals surface area contributed by atoms with Gasteiger partial charge in [-0.2, -0.15) is 5.10 Å². The van der Waals surface area contributed by atoms with Crippen molar-refractivity contribution in [1.29, 1.82) is 0 Å². The highest BCUT2D eigenvalue weighted by molar-refractivity contribution is 7.15. The topological polar surface area (TPSA) is 105 Å². The van der Waals surface area contributed by atoms with E-state index >= 15 is 0 Å². The molecule has 2 aromatic rings. The number of aliphatic imine (C=N–C) groups is 1. The molecule has 0 saturated heterocycles. The first-order chi connectivity index (χ1) is 17.3. The van der Waals surface area contributed by atoms with Crippen molar-refractivity contribution in [3.05, 3.63) is 83.3 Å². The highest BCUT2D eigenvalue weighted by Gasteiger charge is 2.08. The lowest BCUT2D eigenvalue weighted by atomic mass is 10.1. The van der Waals surface area contributed by atoms with Crippen molar-refractivity contribution < 1.29 is 4.79 Å². The number of allylic oxidation sites excluding steroid dienone is 4. The maximum atomic E-state index is 12.3. The number of aryl methyl sites for hydroxylation is 2. The maximum Gasteiger partial charge on any atom is 0.229 e. The molecule has 36 heavy (non-hydrogen) atoms. The minimum atomic E-state index is -0.142. The molecule has 2 heterocycles. The van der Waals surface area contributed by atoms with Crippen LogP contribution >= 0.6 is 11.3 Å². The maximum absolute atomic E-state index is 12.3. The normalized spacial score (nSPS) is 11.2. The van der Waals surface area contributed by atoms with Gasteiger partial charge in [0.1, 0.15) is 5.01 Å². The van der Waals surface area contributed by atoms with Gasteiger partial charge in [0.2, 0.25) is 11.0 Å². The van der Waals surface area contributed by atoms with E-state index in [-0.39, 0.29) is 12.3 Å². The van der Waals surface area contributed by atoms with Gasteiger partial charge in [-0.25, -0.2) is 0 Å². The van der Waals surface area contributed by atoms with Gasteiger partial charge in [0.15, 0.2) is 5.82 Å². The van der Waals surface area contributed by atoms with Crippen LogP contribution < -0.4 is 10.6 Å². The second kappa shape index (κ2) is 15.3. The smallest absolute Gasteiger partial charge is 0.229 e. The number of carbonyl (C=O) groups excluding carboxylic acids is 1. The lowest BCUT2D eigenvalue weighted by Gasteiger charge is -2.06. The molecule has 0 aliphatic carbocycles.